The van der Waals surface area contributed by atoms with Crippen molar-refractivity contribution < 1.29 is 0 Å². The molecule has 0 amide bonds. The Morgan fingerprint density at radius 1 is 1.11 bits per heavy atom. The van der Waals surface area contributed by atoms with Crippen molar-refractivity contribution in [3.8, 4) is 0 Å². The summed E-state index contributed by atoms with van der Waals surface area (Å²) in [5, 5.41) is 12.5. The summed E-state index contributed by atoms with van der Waals surface area (Å²) >= 11 is 3.47. The van der Waals surface area contributed by atoms with Crippen LogP contribution in [-0.2, 0) is 13.0 Å². The van der Waals surface area contributed by atoms with E-state index >= 15 is 0 Å². The minimum absolute atomic E-state index is 0.190. The molecule has 1 N–H and O–H groups in total. The van der Waals surface area contributed by atoms with Gasteiger partial charge in [0.25, 0.3) is 0 Å². The molecule has 1 aromatic carbocycles. The highest BCUT2D eigenvalue weighted by atomic mass is 32.1. The van der Waals surface area contributed by atoms with E-state index in [0.717, 1.165) is 35.0 Å². The van der Waals surface area contributed by atoms with Crippen LogP contribution in [0.25, 0.3) is 10.9 Å². The Balaban J connectivity index is 1.62. The van der Waals surface area contributed by atoms with Crippen molar-refractivity contribution in [3.05, 3.63) is 74.4 Å². The molecule has 1 atom stereocenters. The molecule has 1 unspecified atom stereocenters. The first kappa shape index (κ1) is 19.1. The third-order valence-electron chi connectivity index (χ3n) is 4.70. The van der Waals surface area contributed by atoms with Gasteiger partial charge in [-0.2, -0.15) is 11.3 Å². The van der Waals surface area contributed by atoms with Crippen LogP contribution >= 0.6 is 22.7 Å². The van der Waals surface area contributed by atoms with Gasteiger partial charge in [0.2, 0.25) is 0 Å². The molecule has 3 heterocycles. The highest BCUT2D eigenvalue weighted by molar-refractivity contribution is 7.09. The molecule has 0 saturated heterocycles. The van der Waals surface area contributed by atoms with Crippen molar-refractivity contribution in [1.29, 1.82) is 0 Å². The second-order valence-corrected chi connectivity index (χ2v) is 8.82. The number of nitrogens with zero attached hydrogens (tertiary/aromatic N) is 3. The number of hydrogen-bond acceptors (Lipinski definition) is 6. The predicted octanol–water partition coefficient (Wildman–Crippen LogP) is 5.20. The molecule has 0 aliphatic carbocycles. The van der Waals surface area contributed by atoms with Gasteiger partial charge < -0.3 is 10.2 Å². The van der Waals surface area contributed by atoms with E-state index in [4.69, 9.17) is 9.97 Å². The van der Waals surface area contributed by atoms with E-state index in [1.54, 1.807) is 22.7 Å². The zero-order chi connectivity index (χ0) is 19.5. The van der Waals surface area contributed by atoms with Gasteiger partial charge in [0.1, 0.15) is 10.8 Å². The quantitative estimate of drug-likeness (QED) is 0.456. The Morgan fingerprint density at radius 2 is 1.96 bits per heavy atom. The Hall–Kier alpha value is -2.28. The van der Waals surface area contributed by atoms with Crippen LogP contribution in [0.4, 0.5) is 5.82 Å². The monoisotopic (exact) mass is 408 g/mol. The largest absolute Gasteiger partial charge is 0.362 e. The summed E-state index contributed by atoms with van der Waals surface area (Å²) in [6.45, 7) is 2.80. The highest BCUT2D eigenvalue weighted by Gasteiger charge is 2.17. The summed E-state index contributed by atoms with van der Waals surface area (Å²) in [6, 6.07) is 12.9. The molecule has 0 radical (unpaired) electrons. The second-order valence-electron chi connectivity index (χ2n) is 7.15. The maximum absolute atomic E-state index is 4.88. The molecule has 3 aromatic heterocycles. The summed E-state index contributed by atoms with van der Waals surface area (Å²) in [6.07, 6.45) is 0.939. The number of nitrogens with one attached hydrogen (secondary N) is 1. The fourth-order valence-corrected chi connectivity index (χ4v) is 4.88. The molecule has 144 valence electrons. The summed E-state index contributed by atoms with van der Waals surface area (Å²) < 4.78 is 0. The molecule has 0 spiro atoms. The molecule has 0 bridgehead atoms. The molecule has 6 heteroatoms. The van der Waals surface area contributed by atoms with Crippen LogP contribution < -0.4 is 10.2 Å². The van der Waals surface area contributed by atoms with Crippen LogP contribution in [0, 0.1) is 6.92 Å². The van der Waals surface area contributed by atoms with Gasteiger partial charge in [-0.05, 0) is 47.9 Å². The maximum Gasteiger partial charge on any atom is 0.133 e. The molecule has 0 saturated carbocycles. The molecule has 28 heavy (non-hydrogen) atoms. The maximum atomic E-state index is 4.88. The van der Waals surface area contributed by atoms with Gasteiger partial charge in [-0.1, -0.05) is 18.2 Å². The van der Waals surface area contributed by atoms with Crippen molar-refractivity contribution in [2.24, 2.45) is 0 Å². The predicted molar refractivity (Wildman–Crippen MR) is 121 cm³/mol. The lowest BCUT2D eigenvalue weighted by Crippen LogP contribution is -2.24. The van der Waals surface area contributed by atoms with Crippen LogP contribution in [0.3, 0.4) is 0 Å². The van der Waals surface area contributed by atoms with E-state index < -0.39 is 0 Å². The first-order chi connectivity index (χ1) is 13.6. The number of fused-ring (bicyclic) bond motifs is 1. The first-order valence-corrected chi connectivity index (χ1v) is 11.1. The lowest BCUT2D eigenvalue weighted by atomic mass is 10.1. The summed E-state index contributed by atoms with van der Waals surface area (Å²) in [5.74, 6) is 1.01. The molecular formula is C22H24N4S2. The Morgan fingerprint density at radius 3 is 2.68 bits per heavy atom. The minimum atomic E-state index is 0.190. The van der Waals surface area contributed by atoms with Crippen LogP contribution in [0.2, 0.25) is 0 Å². The summed E-state index contributed by atoms with van der Waals surface area (Å²) in [5.41, 5.74) is 4.66. The minimum Gasteiger partial charge on any atom is -0.362 e. The first-order valence-electron chi connectivity index (χ1n) is 9.32. The number of hydrogen-bond donors (Lipinski definition) is 1. The van der Waals surface area contributed by atoms with Crippen molar-refractivity contribution in [3.63, 3.8) is 0 Å². The molecule has 4 aromatic rings. The Bertz CT molecular complexity index is 1050. The number of para-hydroxylation sites is 1. The van der Waals surface area contributed by atoms with Crippen molar-refractivity contribution >= 4 is 39.4 Å². The van der Waals surface area contributed by atoms with E-state index in [2.05, 4.69) is 63.6 Å². The van der Waals surface area contributed by atoms with E-state index in [1.165, 1.54) is 16.5 Å². The zero-order valence-electron chi connectivity index (χ0n) is 16.3. The fourth-order valence-electron chi connectivity index (χ4n) is 3.32. The molecule has 0 fully saturated rings. The van der Waals surface area contributed by atoms with E-state index in [-0.39, 0.29) is 6.04 Å². The normalized spacial score (nSPS) is 12.4. The number of rotatable bonds is 7. The SMILES string of the molecule is Cc1csc(C(Cc2ccsc2)NCc2cc3ccccc3nc2N(C)C)n1. The lowest BCUT2D eigenvalue weighted by Gasteiger charge is -2.21. The van der Waals surface area contributed by atoms with Crippen LogP contribution in [0.15, 0.2) is 52.5 Å². The average Bonchev–Trinajstić information content (AvgIpc) is 3.35. The fraction of sp³-hybridized carbons (Fsp3) is 0.273. The van der Waals surface area contributed by atoms with Gasteiger partial charge >= 0.3 is 0 Å². The summed E-state index contributed by atoms with van der Waals surface area (Å²) in [7, 11) is 4.10. The Kier molecular flexibility index (Phi) is 5.71. The number of aryl methyl sites for hydroxylation is 1. The number of thiophene rings is 1. The summed E-state index contributed by atoms with van der Waals surface area (Å²) in [4.78, 5) is 11.7. The van der Waals surface area contributed by atoms with Crippen LogP contribution in [0.5, 0.6) is 0 Å². The number of aromatic nitrogens is 2. The van der Waals surface area contributed by atoms with Gasteiger partial charge in [-0.15, -0.1) is 11.3 Å². The molecule has 4 nitrogen and oxygen atoms in total. The van der Waals surface area contributed by atoms with E-state index in [0.29, 0.717) is 0 Å². The van der Waals surface area contributed by atoms with Crippen molar-refractivity contribution in [1.82, 2.24) is 15.3 Å². The third-order valence-corrected chi connectivity index (χ3v) is 6.51. The second kappa shape index (κ2) is 8.39. The Labute approximate surface area is 173 Å². The lowest BCUT2D eigenvalue weighted by molar-refractivity contribution is 0.527. The van der Waals surface area contributed by atoms with Gasteiger partial charge in [0, 0.05) is 42.7 Å². The van der Waals surface area contributed by atoms with Gasteiger partial charge in [-0.3, -0.25) is 0 Å². The highest BCUT2D eigenvalue weighted by Crippen LogP contribution is 2.26. The van der Waals surface area contributed by atoms with Crippen molar-refractivity contribution in [2.75, 3.05) is 19.0 Å². The molecule has 0 aliphatic rings. The zero-order valence-corrected chi connectivity index (χ0v) is 18.0. The van der Waals surface area contributed by atoms with E-state index in [1.807, 2.05) is 20.2 Å². The van der Waals surface area contributed by atoms with Gasteiger partial charge in [-0.25, -0.2) is 9.97 Å². The number of benzene rings is 1. The van der Waals surface area contributed by atoms with Crippen LogP contribution in [0.1, 0.15) is 27.9 Å². The van der Waals surface area contributed by atoms with Crippen LogP contribution in [-0.4, -0.2) is 24.1 Å². The smallest absolute Gasteiger partial charge is 0.133 e. The van der Waals surface area contributed by atoms with Gasteiger partial charge in [0.15, 0.2) is 0 Å². The molecule has 4 rings (SSSR count). The molecule has 0 aliphatic heterocycles. The standard InChI is InChI=1S/C22H24N4S2/c1-15-13-28-22(24-15)20(10-16-8-9-27-14-16)23-12-18-11-17-6-4-5-7-19(17)25-21(18)26(2)3/h4-9,11,13-14,20,23H,10,12H2,1-3H3. The number of pyridine rings is 1. The van der Waals surface area contributed by atoms with E-state index in [9.17, 15) is 0 Å². The third kappa shape index (κ3) is 4.24. The number of thiazole rings is 1. The number of anilines is 1. The topological polar surface area (TPSA) is 41.1 Å². The van der Waals surface area contributed by atoms with Crippen molar-refractivity contribution in [2.45, 2.75) is 25.9 Å². The average molecular weight is 409 g/mol. The molecular weight excluding hydrogens is 384 g/mol. The van der Waals surface area contributed by atoms with Gasteiger partial charge in [0.05, 0.1) is 11.6 Å².